The first-order valence-electron chi connectivity index (χ1n) is 6.59. The summed E-state index contributed by atoms with van der Waals surface area (Å²) in [6, 6.07) is 4.64. The van der Waals surface area contributed by atoms with Gasteiger partial charge >= 0.3 is 6.18 Å². The maximum atomic E-state index is 12.8. The second-order valence-corrected chi connectivity index (χ2v) is 5.30. The number of halogens is 3. The van der Waals surface area contributed by atoms with Crippen LogP contribution in [0, 0.1) is 0 Å². The molecular formula is C15H14F3NO2S. The van der Waals surface area contributed by atoms with Crippen LogP contribution in [0.25, 0.3) is 0 Å². The minimum Gasteiger partial charge on any atom is -0.491 e. The summed E-state index contributed by atoms with van der Waals surface area (Å²) in [6.07, 6.45) is -3.77. The Morgan fingerprint density at radius 2 is 2.09 bits per heavy atom. The molecule has 0 radical (unpaired) electrons. The molecule has 22 heavy (non-hydrogen) atoms. The topological polar surface area (TPSA) is 38.3 Å². The minimum absolute atomic E-state index is 0.0134. The fourth-order valence-electron chi connectivity index (χ4n) is 1.73. The van der Waals surface area contributed by atoms with Gasteiger partial charge in [0.15, 0.2) is 0 Å². The van der Waals surface area contributed by atoms with Crippen LogP contribution in [0.15, 0.2) is 35.0 Å². The largest absolute Gasteiger partial charge is 0.491 e. The number of amides is 1. The molecule has 1 heterocycles. The summed E-state index contributed by atoms with van der Waals surface area (Å²) in [4.78, 5) is 12.0. The van der Waals surface area contributed by atoms with Crippen LogP contribution in [0.1, 0.15) is 29.3 Å². The quantitative estimate of drug-likeness (QED) is 0.855. The normalized spacial score (nSPS) is 11.3. The Bertz CT molecular complexity index is 639. The predicted octanol–water partition coefficient (Wildman–Crippen LogP) is 4.81. The fraction of sp³-hybridized carbons (Fsp3) is 0.267. The lowest BCUT2D eigenvalue weighted by Crippen LogP contribution is -2.14. The van der Waals surface area contributed by atoms with Crippen LogP contribution in [0.5, 0.6) is 5.75 Å². The van der Waals surface area contributed by atoms with E-state index in [1.165, 1.54) is 17.4 Å². The van der Waals surface area contributed by atoms with E-state index < -0.39 is 17.6 Å². The van der Waals surface area contributed by atoms with Crippen molar-refractivity contribution >= 4 is 22.9 Å². The summed E-state index contributed by atoms with van der Waals surface area (Å²) in [6.45, 7) is 2.24. The van der Waals surface area contributed by atoms with Crippen molar-refractivity contribution in [3.63, 3.8) is 0 Å². The molecule has 0 fully saturated rings. The molecular weight excluding hydrogens is 315 g/mol. The number of hydrogen-bond donors (Lipinski definition) is 1. The van der Waals surface area contributed by atoms with Gasteiger partial charge in [-0.15, -0.1) is 0 Å². The van der Waals surface area contributed by atoms with Crippen molar-refractivity contribution in [3.05, 3.63) is 46.2 Å². The molecule has 3 nitrogen and oxygen atoms in total. The third-order valence-electron chi connectivity index (χ3n) is 2.80. The molecule has 0 aliphatic carbocycles. The Balaban J connectivity index is 2.30. The van der Waals surface area contributed by atoms with Crippen LogP contribution in [0.2, 0.25) is 0 Å². The van der Waals surface area contributed by atoms with Crippen molar-refractivity contribution in [2.45, 2.75) is 19.5 Å². The summed E-state index contributed by atoms with van der Waals surface area (Å²) < 4.78 is 43.8. The summed E-state index contributed by atoms with van der Waals surface area (Å²) in [5.41, 5.74) is -0.430. The number of ether oxygens (including phenoxy) is 1. The molecule has 0 spiro atoms. The zero-order valence-corrected chi connectivity index (χ0v) is 12.6. The van der Waals surface area contributed by atoms with E-state index in [0.717, 1.165) is 12.1 Å². The van der Waals surface area contributed by atoms with Gasteiger partial charge in [0.2, 0.25) is 0 Å². The average Bonchev–Trinajstić information content (AvgIpc) is 2.99. The standard InChI is InChI=1S/C15H14F3NO2S/c1-2-6-21-13-4-3-11(15(16,17)18)8-12(13)19-14(20)10-5-7-22-9-10/h3-5,7-9H,2,6H2,1H3,(H,19,20). The van der Waals surface area contributed by atoms with Crippen LogP contribution in [-0.2, 0) is 6.18 Å². The minimum atomic E-state index is -4.48. The number of alkyl halides is 3. The van der Waals surface area contributed by atoms with Crippen LogP contribution in [0.3, 0.4) is 0 Å². The number of carbonyl (C=O) groups is 1. The van der Waals surface area contributed by atoms with E-state index in [9.17, 15) is 18.0 Å². The van der Waals surface area contributed by atoms with E-state index >= 15 is 0 Å². The number of thiophene rings is 1. The second kappa shape index (κ2) is 6.83. The van der Waals surface area contributed by atoms with Crippen molar-refractivity contribution in [3.8, 4) is 5.75 Å². The number of nitrogens with one attached hydrogen (secondary N) is 1. The zero-order chi connectivity index (χ0) is 16.2. The van der Waals surface area contributed by atoms with Crippen LogP contribution in [0.4, 0.5) is 18.9 Å². The van der Waals surface area contributed by atoms with Gasteiger partial charge in [0.1, 0.15) is 5.75 Å². The molecule has 118 valence electrons. The summed E-state index contributed by atoms with van der Waals surface area (Å²) >= 11 is 1.33. The van der Waals surface area contributed by atoms with E-state index in [2.05, 4.69) is 5.32 Å². The lowest BCUT2D eigenvalue weighted by Gasteiger charge is -2.15. The fourth-order valence-corrected chi connectivity index (χ4v) is 2.37. The van der Waals surface area contributed by atoms with Crippen LogP contribution < -0.4 is 10.1 Å². The van der Waals surface area contributed by atoms with E-state index in [0.29, 0.717) is 18.6 Å². The van der Waals surface area contributed by atoms with Crippen molar-refractivity contribution in [2.24, 2.45) is 0 Å². The van der Waals surface area contributed by atoms with Crippen molar-refractivity contribution in [1.29, 1.82) is 0 Å². The number of carbonyl (C=O) groups excluding carboxylic acids is 1. The van der Waals surface area contributed by atoms with E-state index in [4.69, 9.17) is 4.74 Å². The first-order valence-corrected chi connectivity index (χ1v) is 7.53. The molecule has 2 aromatic rings. The molecule has 0 saturated carbocycles. The molecule has 0 bridgehead atoms. The Kier molecular flexibility index (Phi) is 5.07. The van der Waals surface area contributed by atoms with Crippen LogP contribution >= 0.6 is 11.3 Å². The molecule has 1 amide bonds. The van der Waals surface area contributed by atoms with E-state index in [1.807, 2.05) is 6.92 Å². The van der Waals surface area contributed by atoms with Gasteiger partial charge in [-0.25, -0.2) is 0 Å². The maximum absolute atomic E-state index is 12.8. The Hall–Kier alpha value is -2.02. The number of benzene rings is 1. The molecule has 7 heteroatoms. The number of anilines is 1. The first kappa shape index (κ1) is 16.4. The second-order valence-electron chi connectivity index (χ2n) is 4.52. The zero-order valence-electron chi connectivity index (χ0n) is 11.7. The van der Waals surface area contributed by atoms with Crippen molar-refractivity contribution in [2.75, 3.05) is 11.9 Å². The van der Waals surface area contributed by atoms with Crippen molar-refractivity contribution in [1.82, 2.24) is 0 Å². The van der Waals surface area contributed by atoms with Crippen molar-refractivity contribution < 1.29 is 22.7 Å². The highest BCUT2D eigenvalue weighted by Gasteiger charge is 2.31. The lowest BCUT2D eigenvalue weighted by molar-refractivity contribution is -0.137. The first-order chi connectivity index (χ1) is 10.4. The summed E-state index contributed by atoms with van der Waals surface area (Å²) in [5.74, 6) is -0.250. The highest BCUT2D eigenvalue weighted by Crippen LogP contribution is 2.35. The van der Waals surface area contributed by atoms with Gasteiger partial charge in [-0.3, -0.25) is 4.79 Å². The monoisotopic (exact) mass is 329 g/mol. The maximum Gasteiger partial charge on any atom is 0.416 e. The molecule has 2 rings (SSSR count). The Morgan fingerprint density at radius 3 is 2.68 bits per heavy atom. The molecule has 0 aliphatic heterocycles. The van der Waals surface area contributed by atoms with Gasteiger partial charge in [0, 0.05) is 5.38 Å². The highest BCUT2D eigenvalue weighted by atomic mass is 32.1. The third-order valence-corrected chi connectivity index (χ3v) is 3.48. The van der Waals surface area contributed by atoms with E-state index in [1.54, 1.807) is 16.8 Å². The Labute approximate surface area is 129 Å². The van der Waals surface area contributed by atoms with Gasteiger partial charge in [-0.2, -0.15) is 24.5 Å². The Morgan fingerprint density at radius 1 is 1.32 bits per heavy atom. The van der Waals surface area contributed by atoms with Gasteiger partial charge in [0.25, 0.3) is 5.91 Å². The molecule has 0 atom stereocenters. The molecule has 1 aromatic carbocycles. The van der Waals surface area contributed by atoms with Gasteiger partial charge < -0.3 is 10.1 Å². The lowest BCUT2D eigenvalue weighted by atomic mass is 10.1. The highest BCUT2D eigenvalue weighted by molar-refractivity contribution is 7.08. The third kappa shape index (κ3) is 4.00. The summed E-state index contributed by atoms with van der Waals surface area (Å²) in [5, 5.41) is 5.82. The van der Waals surface area contributed by atoms with Gasteiger partial charge in [-0.05, 0) is 36.1 Å². The predicted molar refractivity (Wildman–Crippen MR) is 79.5 cm³/mol. The SMILES string of the molecule is CCCOc1ccc(C(F)(F)F)cc1NC(=O)c1ccsc1. The summed E-state index contributed by atoms with van der Waals surface area (Å²) in [7, 11) is 0. The van der Waals surface area contributed by atoms with Gasteiger partial charge in [-0.1, -0.05) is 6.92 Å². The molecule has 1 N–H and O–H groups in total. The molecule has 1 aromatic heterocycles. The van der Waals surface area contributed by atoms with Crippen LogP contribution in [-0.4, -0.2) is 12.5 Å². The molecule has 0 saturated heterocycles. The van der Waals surface area contributed by atoms with Gasteiger partial charge in [0.05, 0.1) is 23.4 Å². The number of hydrogen-bond acceptors (Lipinski definition) is 3. The van der Waals surface area contributed by atoms with E-state index in [-0.39, 0.29) is 11.4 Å². The molecule has 0 aliphatic rings. The molecule has 0 unspecified atom stereocenters. The average molecular weight is 329 g/mol. The number of rotatable bonds is 5. The smallest absolute Gasteiger partial charge is 0.416 e.